The van der Waals surface area contributed by atoms with Crippen LogP contribution in [0.25, 0.3) is 0 Å². The van der Waals surface area contributed by atoms with E-state index in [2.05, 4.69) is 4.99 Å². The minimum atomic E-state index is -0.644. The van der Waals surface area contributed by atoms with E-state index >= 15 is 0 Å². The summed E-state index contributed by atoms with van der Waals surface area (Å²) in [6, 6.07) is 7.02. The summed E-state index contributed by atoms with van der Waals surface area (Å²) in [4.78, 5) is 43.1. The van der Waals surface area contributed by atoms with E-state index < -0.39 is 6.04 Å². The average Bonchev–Trinajstić information content (AvgIpc) is 2.65. The highest BCUT2D eigenvalue weighted by atomic mass is 16.2. The normalized spacial score (nSPS) is 16.4. The summed E-state index contributed by atoms with van der Waals surface area (Å²) in [7, 11) is 0. The first kappa shape index (κ1) is 22.4. The quantitative estimate of drug-likeness (QED) is 0.224. The van der Waals surface area contributed by atoms with Crippen molar-refractivity contribution in [3.63, 3.8) is 0 Å². The van der Waals surface area contributed by atoms with Crippen LogP contribution in [0.2, 0.25) is 0 Å². The number of nitrogens with zero attached hydrogens (tertiary/aromatic N) is 2. The molecule has 1 aromatic carbocycles. The number of guanidine groups is 1. The van der Waals surface area contributed by atoms with Crippen LogP contribution in [0, 0.1) is 0 Å². The van der Waals surface area contributed by atoms with E-state index in [9.17, 15) is 14.4 Å². The zero-order valence-corrected chi connectivity index (χ0v) is 16.9. The Labute approximate surface area is 170 Å². The number of fused-ring (bicyclic) bond motifs is 1. The number of nitrogens with one attached hydrogen (secondary N) is 1. The molecule has 29 heavy (non-hydrogen) atoms. The van der Waals surface area contributed by atoms with Crippen molar-refractivity contribution < 1.29 is 19.4 Å². The lowest BCUT2D eigenvalue weighted by Crippen LogP contribution is -2.78. The van der Waals surface area contributed by atoms with E-state index in [1.165, 1.54) is 16.7 Å². The number of carbonyl (C=O) groups excluding carboxylic acids is 3. The molecule has 1 unspecified atom stereocenters. The molecule has 1 aromatic rings. The second-order valence-corrected chi connectivity index (χ2v) is 7.33. The van der Waals surface area contributed by atoms with Crippen molar-refractivity contribution in [3.05, 3.63) is 35.4 Å². The van der Waals surface area contributed by atoms with Crippen LogP contribution in [-0.4, -0.2) is 65.6 Å². The Morgan fingerprint density at radius 2 is 1.86 bits per heavy atom. The molecule has 0 saturated heterocycles. The van der Waals surface area contributed by atoms with Crippen LogP contribution in [0.3, 0.4) is 0 Å². The summed E-state index contributed by atoms with van der Waals surface area (Å²) in [5, 5.41) is 0. The number of nitrogens with two attached hydrogens (primary N) is 3. The molecule has 1 aliphatic rings. The fraction of sp³-hybridized carbons (Fsp3) is 0.500. The van der Waals surface area contributed by atoms with E-state index in [4.69, 9.17) is 17.2 Å². The van der Waals surface area contributed by atoms with Crippen LogP contribution < -0.4 is 22.2 Å². The van der Waals surface area contributed by atoms with Crippen molar-refractivity contribution in [2.24, 2.45) is 17.2 Å². The van der Waals surface area contributed by atoms with Gasteiger partial charge in [0, 0.05) is 20.0 Å². The van der Waals surface area contributed by atoms with Crippen LogP contribution in [0.4, 0.5) is 0 Å². The fourth-order valence-corrected chi connectivity index (χ4v) is 3.28. The third-order valence-corrected chi connectivity index (χ3v) is 4.99. The van der Waals surface area contributed by atoms with Gasteiger partial charge in [0.15, 0.2) is 5.78 Å². The summed E-state index contributed by atoms with van der Waals surface area (Å²) in [6.07, 6.45) is 1.91. The summed E-state index contributed by atoms with van der Waals surface area (Å²) in [5.41, 5.74) is 18.6. The Bertz CT molecular complexity index is 775. The molecule has 1 atom stereocenters. The summed E-state index contributed by atoms with van der Waals surface area (Å²) < 4.78 is 0. The van der Waals surface area contributed by atoms with Crippen LogP contribution in [0.15, 0.2) is 24.3 Å². The van der Waals surface area contributed by atoms with E-state index in [1.54, 1.807) is 0 Å². The standard InChI is InChI=1S/C20H30N6O3/c1-14(27)25(9-5-4-8-24-20(22)23)13-19(29)26-11-16-7-3-2-6-15(16)10-17(21)18(28)12-26/h2-3,6-7,17H,4-5,8-13,21H2,1H3,(H4,22,23,24)/p+1. The monoisotopic (exact) mass is 403 g/mol. The van der Waals surface area contributed by atoms with E-state index in [0.717, 1.165) is 17.5 Å². The number of benzene rings is 1. The molecular formula is C20H31N6O3+. The van der Waals surface area contributed by atoms with E-state index in [-0.39, 0.29) is 36.6 Å². The number of unbranched alkanes of at least 4 members (excludes halogenated alkanes) is 1. The van der Waals surface area contributed by atoms with Crippen LogP contribution in [-0.2, 0) is 27.3 Å². The molecule has 9 heteroatoms. The van der Waals surface area contributed by atoms with Crippen LogP contribution >= 0.6 is 0 Å². The second-order valence-electron chi connectivity index (χ2n) is 7.33. The maximum atomic E-state index is 12.9. The summed E-state index contributed by atoms with van der Waals surface area (Å²) >= 11 is 0. The molecule has 1 heterocycles. The molecular weight excluding hydrogens is 372 g/mol. The first-order chi connectivity index (χ1) is 13.8. The highest BCUT2D eigenvalue weighted by Crippen LogP contribution is 2.17. The molecule has 2 rings (SSSR count). The van der Waals surface area contributed by atoms with Gasteiger partial charge in [-0.2, -0.15) is 0 Å². The van der Waals surface area contributed by atoms with Gasteiger partial charge in [0.2, 0.25) is 11.8 Å². The van der Waals surface area contributed by atoms with Gasteiger partial charge in [-0.15, -0.1) is 0 Å². The molecule has 2 amide bonds. The lowest BCUT2D eigenvalue weighted by Gasteiger charge is -2.30. The average molecular weight is 404 g/mol. The Balaban J connectivity index is 2.03. The van der Waals surface area contributed by atoms with Gasteiger partial charge in [-0.1, -0.05) is 24.3 Å². The zero-order valence-electron chi connectivity index (χ0n) is 16.9. The molecule has 0 saturated carbocycles. The maximum absolute atomic E-state index is 12.9. The molecule has 0 spiro atoms. The maximum Gasteiger partial charge on any atom is 0.338 e. The van der Waals surface area contributed by atoms with Crippen molar-refractivity contribution in [2.45, 2.75) is 38.8 Å². The first-order valence-corrected chi connectivity index (χ1v) is 9.78. The Morgan fingerprint density at radius 3 is 2.52 bits per heavy atom. The molecule has 158 valence electrons. The van der Waals surface area contributed by atoms with Crippen molar-refractivity contribution in [2.75, 3.05) is 26.2 Å². The number of carbonyl (C=O) groups is 3. The minimum Gasteiger partial charge on any atom is -0.334 e. The van der Waals surface area contributed by atoms with Gasteiger partial charge < -0.3 is 15.5 Å². The highest BCUT2D eigenvalue weighted by Gasteiger charge is 2.27. The number of ketones is 1. The largest absolute Gasteiger partial charge is 0.338 e. The lowest BCUT2D eigenvalue weighted by atomic mass is 9.95. The zero-order chi connectivity index (χ0) is 21.4. The van der Waals surface area contributed by atoms with E-state index in [1.807, 2.05) is 24.3 Å². The third kappa shape index (κ3) is 6.86. The van der Waals surface area contributed by atoms with Crippen molar-refractivity contribution in [1.82, 2.24) is 9.80 Å². The van der Waals surface area contributed by atoms with Gasteiger partial charge in [0.05, 0.1) is 25.7 Å². The number of rotatable bonds is 7. The fourth-order valence-electron chi connectivity index (χ4n) is 3.28. The molecule has 0 fully saturated rings. The van der Waals surface area contributed by atoms with E-state index in [0.29, 0.717) is 32.5 Å². The topological polar surface area (TPSA) is 150 Å². The van der Waals surface area contributed by atoms with Gasteiger partial charge in [-0.05, 0) is 30.4 Å². The molecule has 0 bridgehead atoms. The summed E-state index contributed by atoms with van der Waals surface area (Å²) in [6.45, 7) is 2.67. The predicted molar refractivity (Wildman–Crippen MR) is 109 cm³/mol. The second kappa shape index (κ2) is 10.6. The Morgan fingerprint density at radius 1 is 1.17 bits per heavy atom. The van der Waals surface area contributed by atoms with Gasteiger partial charge >= 0.3 is 5.96 Å². The van der Waals surface area contributed by atoms with Gasteiger partial charge in [-0.25, -0.2) is 0 Å². The van der Waals surface area contributed by atoms with Gasteiger partial charge in [0.1, 0.15) is 0 Å². The smallest absolute Gasteiger partial charge is 0.334 e. The van der Waals surface area contributed by atoms with Crippen molar-refractivity contribution in [1.29, 1.82) is 0 Å². The summed E-state index contributed by atoms with van der Waals surface area (Å²) in [5.74, 6) is -0.477. The molecule has 0 aromatic heterocycles. The lowest BCUT2D eigenvalue weighted by molar-refractivity contribution is -0.459. The Kier molecular flexibility index (Phi) is 8.14. The van der Waals surface area contributed by atoms with Gasteiger partial charge in [0.25, 0.3) is 0 Å². The van der Waals surface area contributed by atoms with Crippen LogP contribution in [0.5, 0.6) is 0 Å². The SMILES string of the molecule is CC(=O)N(CCCC[NH+]=C(N)N)CC(=O)N1CC(=O)C(N)Cc2ccccc2C1. The van der Waals surface area contributed by atoms with Crippen molar-refractivity contribution >= 4 is 23.6 Å². The number of amides is 2. The molecule has 0 aliphatic carbocycles. The van der Waals surface area contributed by atoms with Crippen LogP contribution in [0.1, 0.15) is 30.9 Å². The van der Waals surface area contributed by atoms with Crippen molar-refractivity contribution in [3.8, 4) is 0 Å². The predicted octanol–water partition coefficient (Wildman–Crippen LogP) is -2.55. The minimum absolute atomic E-state index is 0.0460. The highest BCUT2D eigenvalue weighted by molar-refractivity contribution is 5.91. The Hall–Kier alpha value is -2.94. The molecule has 7 N–H and O–H groups in total. The number of hydrogen-bond donors (Lipinski definition) is 4. The third-order valence-electron chi connectivity index (χ3n) is 4.99. The number of Topliss-reactive ketones (excluding diaryl/α,β-unsaturated/α-hetero) is 1. The molecule has 9 nitrogen and oxygen atoms in total. The first-order valence-electron chi connectivity index (χ1n) is 9.78. The molecule has 0 radical (unpaired) electrons. The number of hydrogen-bond acceptors (Lipinski definition) is 4. The molecule has 1 aliphatic heterocycles. The van der Waals surface area contributed by atoms with Gasteiger partial charge in [-0.3, -0.25) is 30.8 Å².